The summed E-state index contributed by atoms with van der Waals surface area (Å²) in [5.41, 5.74) is 0.823. The van der Waals surface area contributed by atoms with Crippen LogP contribution in [0, 0.1) is 5.92 Å². The van der Waals surface area contributed by atoms with Crippen LogP contribution in [-0.4, -0.2) is 23.7 Å². The maximum atomic E-state index is 12.9. The van der Waals surface area contributed by atoms with Crippen LogP contribution in [0.3, 0.4) is 0 Å². The number of rotatable bonds is 4. The van der Waals surface area contributed by atoms with Crippen LogP contribution in [0.5, 0.6) is 0 Å². The van der Waals surface area contributed by atoms with Crippen molar-refractivity contribution >= 4 is 5.91 Å². The highest BCUT2D eigenvalue weighted by molar-refractivity contribution is 5.89. The Morgan fingerprint density at radius 2 is 1.86 bits per heavy atom. The summed E-state index contributed by atoms with van der Waals surface area (Å²) in [7, 11) is 0. The van der Waals surface area contributed by atoms with Crippen molar-refractivity contribution in [2.75, 3.05) is 6.61 Å². The van der Waals surface area contributed by atoms with E-state index in [9.17, 15) is 9.90 Å². The van der Waals surface area contributed by atoms with Crippen molar-refractivity contribution in [1.29, 1.82) is 0 Å². The van der Waals surface area contributed by atoms with E-state index in [-0.39, 0.29) is 29.9 Å². The fourth-order valence-corrected chi connectivity index (χ4v) is 3.86. The van der Waals surface area contributed by atoms with E-state index >= 15 is 0 Å². The number of hydrogen-bond donors (Lipinski definition) is 2. The third-order valence-electron chi connectivity index (χ3n) is 5.43. The van der Waals surface area contributed by atoms with Gasteiger partial charge in [0.2, 0.25) is 5.91 Å². The van der Waals surface area contributed by atoms with E-state index in [1.165, 1.54) is 6.42 Å². The largest absolute Gasteiger partial charge is 0.396 e. The number of hydrogen-bond acceptors (Lipinski definition) is 2. The first-order chi connectivity index (χ1) is 10.3. The minimum atomic E-state index is -0.321. The summed E-state index contributed by atoms with van der Waals surface area (Å²) in [6.07, 6.45) is 7.36. The first-order valence-electron chi connectivity index (χ1n) is 8.23. The van der Waals surface area contributed by atoms with Gasteiger partial charge in [-0.15, -0.1) is 0 Å². The van der Waals surface area contributed by atoms with E-state index in [0.29, 0.717) is 0 Å². The number of benzene rings is 1. The van der Waals surface area contributed by atoms with E-state index in [1.54, 1.807) is 0 Å². The van der Waals surface area contributed by atoms with Crippen molar-refractivity contribution in [2.45, 2.75) is 56.4 Å². The Labute approximate surface area is 126 Å². The molecule has 1 amide bonds. The van der Waals surface area contributed by atoms with Gasteiger partial charge in [-0.05, 0) is 31.2 Å². The van der Waals surface area contributed by atoms with Crippen LogP contribution in [0.25, 0.3) is 0 Å². The third kappa shape index (κ3) is 2.71. The summed E-state index contributed by atoms with van der Waals surface area (Å²) in [5.74, 6) is 0.404. The lowest BCUT2D eigenvalue weighted by Gasteiger charge is -2.43. The Bertz CT molecular complexity index is 481. The second kappa shape index (κ2) is 6.18. The Balaban J connectivity index is 1.74. The second-order valence-electron chi connectivity index (χ2n) is 6.61. The molecule has 3 heteroatoms. The zero-order valence-electron chi connectivity index (χ0n) is 12.6. The van der Waals surface area contributed by atoms with Crippen LogP contribution >= 0.6 is 0 Å². The summed E-state index contributed by atoms with van der Waals surface area (Å²) in [4.78, 5) is 12.9. The molecule has 1 aromatic carbocycles. The first-order valence-corrected chi connectivity index (χ1v) is 8.23. The number of aliphatic hydroxyl groups excluding tert-OH is 1. The summed E-state index contributed by atoms with van der Waals surface area (Å²) >= 11 is 0. The molecule has 21 heavy (non-hydrogen) atoms. The molecule has 3 nitrogen and oxygen atoms in total. The number of carbonyl (C=O) groups is 1. The highest BCUT2D eigenvalue weighted by Crippen LogP contribution is 2.44. The maximum Gasteiger partial charge on any atom is 0.230 e. The van der Waals surface area contributed by atoms with Crippen molar-refractivity contribution < 1.29 is 9.90 Å². The minimum Gasteiger partial charge on any atom is -0.396 e. The van der Waals surface area contributed by atoms with Crippen molar-refractivity contribution in [3.8, 4) is 0 Å². The predicted octanol–water partition coefficient (Wildman–Crippen LogP) is 2.78. The van der Waals surface area contributed by atoms with Crippen molar-refractivity contribution in [3.05, 3.63) is 35.9 Å². The highest BCUT2D eigenvalue weighted by atomic mass is 16.3. The van der Waals surface area contributed by atoms with E-state index in [2.05, 4.69) is 17.4 Å². The van der Waals surface area contributed by atoms with Crippen LogP contribution in [0.4, 0.5) is 0 Å². The van der Waals surface area contributed by atoms with Crippen molar-refractivity contribution in [3.63, 3.8) is 0 Å². The lowest BCUT2D eigenvalue weighted by atomic mass is 9.63. The van der Waals surface area contributed by atoms with Gasteiger partial charge in [-0.2, -0.15) is 0 Å². The average Bonchev–Trinajstić information content (AvgIpc) is 2.48. The molecular formula is C18H25NO2. The van der Waals surface area contributed by atoms with Crippen LogP contribution < -0.4 is 5.32 Å². The standard InChI is InChI=1S/C18H25NO2/c20-13-14-7-4-5-10-16(14)19-17(21)18(11-6-12-18)15-8-2-1-3-9-15/h1-3,8-9,14,16,20H,4-7,10-13H2,(H,19,21). The molecule has 3 rings (SSSR count). The van der Waals surface area contributed by atoms with Gasteiger partial charge in [-0.25, -0.2) is 0 Å². The van der Waals surface area contributed by atoms with Crippen LogP contribution in [0.1, 0.15) is 50.5 Å². The Kier molecular flexibility index (Phi) is 4.29. The molecule has 2 unspecified atom stereocenters. The van der Waals surface area contributed by atoms with Gasteiger partial charge < -0.3 is 10.4 Å². The number of aliphatic hydroxyl groups is 1. The number of amides is 1. The molecule has 114 valence electrons. The predicted molar refractivity (Wildman–Crippen MR) is 82.9 cm³/mol. The van der Waals surface area contributed by atoms with Gasteiger partial charge in [-0.3, -0.25) is 4.79 Å². The molecule has 2 aliphatic carbocycles. The normalized spacial score (nSPS) is 27.7. The average molecular weight is 287 g/mol. The molecule has 0 bridgehead atoms. The van der Waals surface area contributed by atoms with Crippen molar-refractivity contribution in [2.24, 2.45) is 5.92 Å². The summed E-state index contributed by atoms with van der Waals surface area (Å²) < 4.78 is 0. The zero-order chi connectivity index (χ0) is 14.7. The fourth-order valence-electron chi connectivity index (χ4n) is 3.86. The number of nitrogens with one attached hydrogen (secondary N) is 1. The molecule has 0 aliphatic heterocycles. The van der Waals surface area contributed by atoms with E-state index in [0.717, 1.165) is 44.1 Å². The van der Waals surface area contributed by atoms with Crippen LogP contribution in [0.15, 0.2) is 30.3 Å². The summed E-state index contributed by atoms with van der Waals surface area (Å²) in [5, 5.41) is 12.8. The zero-order valence-corrected chi connectivity index (χ0v) is 12.6. The molecule has 2 atom stereocenters. The fraction of sp³-hybridized carbons (Fsp3) is 0.611. The molecule has 0 heterocycles. The van der Waals surface area contributed by atoms with E-state index < -0.39 is 0 Å². The quantitative estimate of drug-likeness (QED) is 0.894. The molecule has 0 spiro atoms. The number of carbonyl (C=O) groups excluding carboxylic acids is 1. The van der Waals surface area contributed by atoms with E-state index in [1.807, 2.05) is 18.2 Å². The molecule has 2 saturated carbocycles. The van der Waals surface area contributed by atoms with Gasteiger partial charge in [-0.1, -0.05) is 49.6 Å². The Morgan fingerprint density at radius 3 is 2.48 bits per heavy atom. The van der Waals surface area contributed by atoms with Gasteiger partial charge in [0.25, 0.3) is 0 Å². The van der Waals surface area contributed by atoms with E-state index in [4.69, 9.17) is 0 Å². The van der Waals surface area contributed by atoms with Gasteiger partial charge in [0, 0.05) is 18.6 Å². The molecule has 0 radical (unpaired) electrons. The molecule has 2 N–H and O–H groups in total. The minimum absolute atomic E-state index is 0.150. The van der Waals surface area contributed by atoms with Gasteiger partial charge >= 0.3 is 0 Å². The summed E-state index contributed by atoms with van der Waals surface area (Å²) in [6.45, 7) is 0.184. The van der Waals surface area contributed by atoms with Gasteiger partial charge in [0.1, 0.15) is 0 Å². The highest BCUT2D eigenvalue weighted by Gasteiger charge is 2.46. The van der Waals surface area contributed by atoms with Gasteiger partial charge in [0.05, 0.1) is 5.41 Å². The lowest BCUT2D eigenvalue weighted by molar-refractivity contribution is -0.131. The molecule has 0 saturated heterocycles. The second-order valence-corrected chi connectivity index (χ2v) is 6.61. The summed E-state index contributed by atoms with van der Waals surface area (Å²) in [6, 6.07) is 10.3. The van der Waals surface area contributed by atoms with Crippen LogP contribution in [-0.2, 0) is 10.2 Å². The monoisotopic (exact) mass is 287 g/mol. The van der Waals surface area contributed by atoms with Crippen LogP contribution in [0.2, 0.25) is 0 Å². The molecule has 0 aromatic heterocycles. The molecule has 2 fully saturated rings. The maximum absolute atomic E-state index is 12.9. The topological polar surface area (TPSA) is 49.3 Å². The molecular weight excluding hydrogens is 262 g/mol. The SMILES string of the molecule is O=C(NC1CCCCC1CO)C1(c2ccccc2)CCC1. The smallest absolute Gasteiger partial charge is 0.230 e. The third-order valence-corrected chi connectivity index (χ3v) is 5.43. The lowest BCUT2D eigenvalue weighted by Crippen LogP contribution is -2.54. The molecule has 1 aromatic rings. The molecule has 2 aliphatic rings. The van der Waals surface area contributed by atoms with Crippen molar-refractivity contribution in [1.82, 2.24) is 5.32 Å². The Hall–Kier alpha value is -1.35. The first kappa shape index (κ1) is 14.6. The van der Waals surface area contributed by atoms with Gasteiger partial charge in [0.15, 0.2) is 0 Å². The Morgan fingerprint density at radius 1 is 1.14 bits per heavy atom.